The second-order valence-corrected chi connectivity index (χ2v) is 14.6. The van der Waals surface area contributed by atoms with E-state index in [1.807, 2.05) is 30.3 Å². The molecule has 2 aliphatic rings. The first-order chi connectivity index (χ1) is 23.5. The van der Waals surface area contributed by atoms with Crippen molar-refractivity contribution < 1.29 is 29.4 Å². The van der Waals surface area contributed by atoms with Gasteiger partial charge < -0.3 is 25.8 Å². The summed E-state index contributed by atoms with van der Waals surface area (Å²) in [4.78, 5) is 62.0. The van der Waals surface area contributed by atoms with Crippen molar-refractivity contribution in [2.75, 3.05) is 6.54 Å². The van der Waals surface area contributed by atoms with Crippen LogP contribution in [0.1, 0.15) is 103 Å². The van der Waals surface area contributed by atoms with Crippen molar-refractivity contribution in [3.05, 3.63) is 54.1 Å². The van der Waals surface area contributed by atoms with Crippen LogP contribution in [-0.2, 0) is 27.2 Å². The van der Waals surface area contributed by atoms with Crippen LogP contribution in [0.2, 0.25) is 0 Å². The van der Waals surface area contributed by atoms with Gasteiger partial charge in [-0.2, -0.15) is 0 Å². The van der Waals surface area contributed by atoms with Crippen LogP contribution < -0.4 is 10.6 Å². The average Bonchev–Trinajstić information content (AvgIpc) is 3.80. The maximum Gasteiger partial charge on any atom is 0.407 e. The van der Waals surface area contributed by atoms with Gasteiger partial charge in [0.25, 0.3) is 0 Å². The van der Waals surface area contributed by atoms with Crippen molar-refractivity contribution in [2.45, 2.75) is 128 Å². The van der Waals surface area contributed by atoms with Gasteiger partial charge in [0.15, 0.2) is 5.78 Å². The number of carboxylic acid groups (broad SMARTS) is 1. The molecule has 2 heterocycles. The number of amides is 3. The monoisotopic (exact) mass is 679 g/mol. The summed E-state index contributed by atoms with van der Waals surface area (Å²) in [6.45, 7) is 6.74. The molecule has 270 valence electrons. The number of likely N-dealkylation sites (tertiary alicyclic amines) is 1. The van der Waals surface area contributed by atoms with Crippen LogP contribution in [0.5, 0.6) is 0 Å². The van der Waals surface area contributed by atoms with Crippen molar-refractivity contribution in [2.24, 2.45) is 23.7 Å². The number of imidazole rings is 1. The lowest BCUT2D eigenvalue weighted by Gasteiger charge is -2.33. The highest BCUT2D eigenvalue weighted by molar-refractivity contribution is 5.94. The Balaban J connectivity index is 1.55. The first-order valence-electron chi connectivity index (χ1n) is 18.4. The van der Waals surface area contributed by atoms with Crippen LogP contribution in [0.15, 0.2) is 42.9 Å². The molecule has 2 aromatic rings. The summed E-state index contributed by atoms with van der Waals surface area (Å²) in [6, 6.07) is 7.12. The van der Waals surface area contributed by atoms with E-state index in [-0.39, 0.29) is 31.6 Å². The molecule has 3 amide bonds. The molecule has 0 unspecified atom stereocenters. The number of H-pyrrole nitrogens is 1. The Labute approximate surface area is 291 Å². The lowest BCUT2D eigenvalue weighted by Crippen LogP contribution is -2.55. The minimum Gasteiger partial charge on any atom is -0.465 e. The molecule has 49 heavy (non-hydrogen) atoms. The molecule has 5 N–H and O–H groups in total. The molecule has 1 saturated carbocycles. The number of aliphatic hydroxyl groups excluding tert-OH is 1. The van der Waals surface area contributed by atoms with Crippen LogP contribution in [-0.4, -0.2) is 79.5 Å². The summed E-state index contributed by atoms with van der Waals surface area (Å²) in [5.74, 6) is -0.845. The molecule has 1 saturated heterocycles. The van der Waals surface area contributed by atoms with Gasteiger partial charge in [0.2, 0.25) is 11.8 Å². The Hall–Kier alpha value is -3.73. The van der Waals surface area contributed by atoms with E-state index in [9.17, 15) is 29.4 Å². The van der Waals surface area contributed by atoms with Gasteiger partial charge >= 0.3 is 6.09 Å². The van der Waals surface area contributed by atoms with Gasteiger partial charge in [-0.25, -0.2) is 9.78 Å². The number of nitrogens with zero attached hydrogens (tertiary/aromatic N) is 2. The molecule has 2 fully saturated rings. The highest BCUT2D eigenvalue weighted by Gasteiger charge is 2.37. The average molecular weight is 680 g/mol. The number of hydrogen-bond acceptors (Lipinski definition) is 6. The lowest BCUT2D eigenvalue weighted by molar-refractivity contribution is -0.134. The molecule has 4 rings (SSSR count). The highest BCUT2D eigenvalue weighted by Crippen LogP contribution is 2.30. The fourth-order valence-electron chi connectivity index (χ4n) is 7.74. The van der Waals surface area contributed by atoms with Gasteiger partial charge in [-0.1, -0.05) is 89.6 Å². The zero-order valence-electron chi connectivity index (χ0n) is 29.5. The topological polar surface area (TPSA) is 165 Å². The van der Waals surface area contributed by atoms with Crippen molar-refractivity contribution >= 4 is 23.7 Å². The molecule has 6 atom stereocenters. The third-order valence-electron chi connectivity index (χ3n) is 10.7. The van der Waals surface area contributed by atoms with E-state index in [0.717, 1.165) is 42.6 Å². The normalized spacial score (nSPS) is 19.9. The van der Waals surface area contributed by atoms with E-state index in [0.29, 0.717) is 49.1 Å². The minimum absolute atomic E-state index is 0.123. The highest BCUT2D eigenvalue weighted by atomic mass is 16.4. The minimum atomic E-state index is -1.14. The number of carbonyl (C=O) groups is 4. The molecule has 11 heteroatoms. The number of hydrogen-bond donors (Lipinski definition) is 5. The van der Waals surface area contributed by atoms with Crippen LogP contribution >= 0.6 is 0 Å². The largest absolute Gasteiger partial charge is 0.465 e. The first-order valence-corrected chi connectivity index (χ1v) is 18.4. The molecule has 1 aromatic carbocycles. The Kier molecular flexibility index (Phi) is 14.7. The van der Waals surface area contributed by atoms with Gasteiger partial charge in [-0.3, -0.25) is 19.3 Å². The Morgan fingerprint density at radius 2 is 1.71 bits per heavy atom. The standard InChI is InChI=1S/C38H57N5O6/c1-4-28(25(2)3)20-34(44)31(19-27-14-9-6-10-15-27)41-37(47)32(22-30-23-39-24-40-30)42-36(46)29(18-26-12-7-5-8-13-26)21-35(45)33-16-11-17-43(33)38(48)49/h5,7-8,12-13,23-25,27-29,31-34,44H,4,6,9-11,14-22H2,1-3H3,(H,39,40)(H,41,47)(H,42,46)(H,48,49)/t28-,29-,31-,32-,33-,34-/m0/s1. The van der Waals surface area contributed by atoms with Crippen LogP contribution in [0.4, 0.5) is 4.79 Å². The first kappa shape index (κ1) is 38.1. The number of aromatic nitrogens is 2. The fraction of sp³-hybridized carbons (Fsp3) is 0.658. The van der Waals surface area contributed by atoms with E-state index >= 15 is 0 Å². The summed E-state index contributed by atoms with van der Waals surface area (Å²) in [5.41, 5.74) is 1.45. The molecule has 11 nitrogen and oxygen atoms in total. The molecular formula is C38H57N5O6. The number of ketones is 1. The lowest BCUT2D eigenvalue weighted by atomic mass is 9.80. The van der Waals surface area contributed by atoms with Gasteiger partial charge in [0.1, 0.15) is 6.04 Å². The predicted molar refractivity (Wildman–Crippen MR) is 188 cm³/mol. The van der Waals surface area contributed by atoms with Gasteiger partial charge in [-0.05, 0) is 55.4 Å². The van der Waals surface area contributed by atoms with E-state index < -0.39 is 48.1 Å². The Bertz CT molecular complexity index is 1330. The zero-order valence-corrected chi connectivity index (χ0v) is 29.5. The van der Waals surface area contributed by atoms with Crippen molar-refractivity contribution in [3.8, 4) is 0 Å². The van der Waals surface area contributed by atoms with Gasteiger partial charge in [0, 0.05) is 31.5 Å². The third kappa shape index (κ3) is 11.4. The van der Waals surface area contributed by atoms with Crippen LogP contribution in [0.25, 0.3) is 0 Å². The van der Waals surface area contributed by atoms with Crippen molar-refractivity contribution in [1.29, 1.82) is 0 Å². The Morgan fingerprint density at radius 1 is 0.980 bits per heavy atom. The van der Waals surface area contributed by atoms with E-state index in [1.165, 1.54) is 12.7 Å². The molecule has 1 aliphatic carbocycles. The summed E-state index contributed by atoms with van der Waals surface area (Å²) in [6.07, 6.45) is 10.4. The molecule has 1 aliphatic heterocycles. The van der Waals surface area contributed by atoms with Gasteiger partial charge in [0.05, 0.1) is 30.2 Å². The maximum atomic E-state index is 14.2. The zero-order chi connectivity index (χ0) is 35.3. The summed E-state index contributed by atoms with van der Waals surface area (Å²) in [7, 11) is 0. The summed E-state index contributed by atoms with van der Waals surface area (Å²) < 4.78 is 0. The number of aliphatic hydroxyl groups is 1. The summed E-state index contributed by atoms with van der Waals surface area (Å²) >= 11 is 0. The predicted octanol–water partition coefficient (Wildman–Crippen LogP) is 5.29. The van der Waals surface area contributed by atoms with Crippen LogP contribution in [0.3, 0.4) is 0 Å². The quantitative estimate of drug-likeness (QED) is 0.143. The van der Waals surface area contributed by atoms with Crippen LogP contribution in [0, 0.1) is 23.7 Å². The van der Waals surface area contributed by atoms with E-state index in [2.05, 4.69) is 41.4 Å². The maximum absolute atomic E-state index is 14.2. The van der Waals surface area contributed by atoms with E-state index in [1.54, 1.807) is 6.20 Å². The number of nitrogens with one attached hydrogen (secondary N) is 3. The SMILES string of the molecule is CC[C@@H](C[C@H](O)[C@H](CC1CCCCC1)NC(=O)[C@H](Cc1c[nH]cn1)NC(=O)[C@H](CC(=O)[C@@H]1CCCN1C(=O)O)Cc1ccccc1)C(C)C. The molecule has 0 spiro atoms. The smallest absolute Gasteiger partial charge is 0.407 e. The molecule has 0 bridgehead atoms. The second kappa shape index (κ2) is 18.9. The second-order valence-electron chi connectivity index (χ2n) is 14.6. The molecular weight excluding hydrogens is 622 g/mol. The fourth-order valence-corrected chi connectivity index (χ4v) is 7.74. The number of benzene rings is 1. The number of rotatable bonds is 18. The van der Waals surface area contributed by atoms with E-state index in [4.69, 9.17) is 0 Å². The van der Waals surface area contributed by atoms with Crippen molar-refractivity contribution in [1.82, 2.24) is 25.5 Å². The number of Topliss-reactive ketones (excluding diaryl/α,β-unsaturated/α-hetero) is 1. The molecule has 0 radical (unpaired) electrons. The molecule has 1 aromatic heterocycles. The number of aromatic amines is 1. The van der Waals surface area contributed by atoms with Gasteiger partial charge in [-0.15, -0.1) is 0 Å². The van der Waals surface area contributed by atoms with Crippen molar-refractivity contribution in [3.63, 3.8) is 0 Å². The third-order valence-corrected chi connectivity index (χ3v) is 10.7. The Morgan fingerprint density at radius 3 is 2.35 bits per heavy atom. The number of carbonyl (C=O) groups excluding carboxylic acids is 3. The summed E-state index contributed by atoms with van der Waals surface area (Å²) in [5, 5.41) is 27.3.